The van der Waals surface area contributed by atoms with Crippen molar-refractivity contribution in [3.63, 3.8) is 0 Å². The summed E-state index contributed by atoms with van der Waals surface area (Å²) in [5.74, 6) is 0.806. The van der Waals surface area contributed by atoms with Gasteiger partial charge in [0.2, 0.25) is 10.0 Å². The van der Waals surface area contributed by atoms with Crippen molar-refractivity contribution in [2.24, 2.45) is 0 Å². The SMILES string of the molecule is Cc1c(Cl)cccc1S(=O)(=O)N1CCN(c2cnsn2)CC1. The van der Waals surface area contributed by atoms with Crippen molar-refractivity contribution in [1.29, 1.82) is 0 Å². The normalized spacial score (nSPS) is 16.9. The Hall–Kier alpha value is -1.22. The van der Waals surface area contributed by atoms with E-state index in [1.54, 1.807) is 31.3 Å². The number of hydrogen-bond donors (Lipinski definition) is 0. The highest BCUT2D eigenvalue weighted by molar-refractivity contribution is 7.89. The van der Waals surface area contributed by atoms with E-state index in [2.05, 4.69) is 8.75 Å². The second kappa shape index (κ2) is 6.11. The van der Waals surface area contributed by atoms with E-state index in [9.17, 15) is 8.42 Å². The number of sulfonamides is 1. The van der Waals surface area contributed by atoms with Crippen LogP contribution in [0.2, 0.25) is 5.02 Å². The first-order valence-electron chi connectivity index (χ1n) is 6.78. The van der Waals surface area contributed by atoms with Gasteiger partial charge in [-0.05, 0) is 24.6 Å². The molecule has 6 nitrogen and oxygen atoms in total. The number of nitrogens with zero attached hydrogens (tertiary/aromatic N) is 4. The van der Waals surface area contributed by atoms with Crippen LogP contribution in [0.15, 0.2) is 29.3 Å². The van der Waals surface area contributed by atoms with Crippen LogP contribution in [-0.4, -0.2) is 47.6 Å². The number of anilines is 1. The van der Waals surface area contributed by atoms with Gasteiger partial charge in [-0.1, -0.05) is 17.7 Å². The molecule has 0 amide bonds. The fourth-order valence-corrected chi connectivity index (χ4v) is 4.80. The molecule has 0 spiro atoms. The third-order valence-corrected chi connectivity index (χ3v) is 6.67. The summed E-state index contributed by atoms with van der Waals surface area (Å²) < 4.78 is 35.2. The van der Waals surface area contributed by atoms with Gasteiger partial charge in [0.1, 0.15) is 0 Å². The zero-order valence-corrected chi connectivity index (χ0v) is 14.3. The maximum atomic E-state index is 12.8. The van der Waals surface area contributed by atoms with Crippen molar-refractivity contribution in [3.05, 3.63) is 35.0 Å². The standard InChI is InChI=1S/C13H15ClN4O2S2/c1-10-11(14)3-2-4-12(10)22(19,20)18-7-5-17(6-8-18)13-9-15-21-16-13/h2-4,9H,5-8H2,1H3. The molecule has 2 aromatic rings. The van der Waals surface area contributed by atoms with Crippen LogP contribution in [0, 0.1) is 6.92 Å². The van der Waals surface area contributed by atoms with Gasteiger partial charge in [0.15, 0.2) is 5.82 Å². The van der Waals surface area contributed by atoms with E-state index in [-0.39, 0.29) is 4.90 Å². The van der Waals surface area contributed by atoms with Gasteiger partial charge in [0, 0.05) is 31.2 Å². The predicted octanol–water partition coefficient (Wildman–Crippen LogP) is 2.01. The van der Waals surface area contributed by atoms with Crippen molar-refractivity contribution in [2.75, 3.05) is 31.1 Å². The third-order valence-electron chi connectivity index (χ3n) is 3.75. The Morgan fingerprint density at radius 3 is 2.59 bits per heavy atom. The minimum absolute atomic E-state index is 0.281. The fourth-order valence-electron chi connectivity index (χ4n) is 2.46. The number of piperazine rings is 1. The first-order valence-corrected chi connectivity index (χ1v) is 9.33. The molecule has 0 N–H and O–H groups in total. The lowest BCUT2D eigenvalue weighted by molar-refractivity contribution is 0.384. The molecule has 22 heavy (non-hydrogen) atoms. The summed E-state index contributed by atoms with van der Waals surface area (Å²) in [7, 11) is -3.52. The number of rotatable bonds is 3. The van der Waals surface area contributed by atoms with E-state index < -0.39 is 10.0 Å². The first kappa shape index (κ1) is 15.7. The molecular weight excluding hydrogens is 344 g/mol. The second-order valence-electron chi connectivity index (χ2n) is 5.02. The lowest BCUT2D eigenvalue weighted by atomic mass is 10.2. The smallest absolute Gasteiger partial charge is 0.243 e. The van der Waals surface area contributed by atoms with E-state index >= 15 is 0 Å². The Bertz CT molecular complexity index is 756. The summed E-state index contributed by atoms with van der Waals surface area (Å²) in [5.41, 5.74) is 0.593. The maximum absolute atomic E-state index is 12.8. The molecule has 1 aromatic carbocycles. The predicted molar refractivity (Wildman–Crippen MR) is 87.1 cm³/mol. The molecule has 0 radical (unpaired) electrons. The van der Waals surface area contributed by atoms with Crippen molar-refractivity contribution < 1.29 is 8.42 Å². The largest absolute Gasteiger partial charge is 0.352 e. The highest BCUT2D eigenvalue weighted by atomic mass is 35.5. The number of halogens is 1. The average Bonchev–Trinajstić information content (AvgIpc) is 3.04. The van der Waals surface area contributed by atoms with Crippen LogP contribution in [-0.2, 0) is 10.0 Å². The van der Waals surface area contributed by atoms with Gasteiger partial charge in [-0.2, -0.15) is 13.1 Å². The molecule has 0 unspecified atom stereocenters. The molecular formula is C13H15ClN4O2S2. The number of hydrogen-bond acceptors (Lipinski definition) is 6. The maximum Gasteiger partial charge on any atom is 0.243 e. The summed E-state index contributed by atoms with van der Waals surface area (Å²) >= 11 is 7.20. The van der Waals surface area contributed by atoms with Gasteiger partial charge in [0.25, 0.3) is 0 Å². The van der Waals surface area contributed by atoms with Gasteiger partial charge < -0.3 is 4.90 Å². The molecule has 1 aromatic heterocycles. The minimum atomic E-state index is -3.52. The summed E-state index contributed by atoms with van der Waals surface area (Å²) in [6.45, 7) is 3.78. The zero-order chi connectivity index (χ0) is 15.7. The van der Waals surface area contributed by atoms with Crippen LogP contribution in [0.1, 0.15) is 5.56 Å². The fraction of sp³-hybridized carbons (Fsp3) is 0.385. The zero-order valence-electron chi connectivity index (χ0n) is 11.9. The second-order valence-corrected chi connectivity index (χ2v) is 7.89. The summed E-state index contributed by atoms with van der Waals surface area (Å²) in [4.78, 5) is 2.32. The van der Waals surface area contributed by atoms with Crippen LogP contribution in [0.3, 0.4) is 0 Å². The monoisotopic (exact) mass is 358 g/mol. The molecule has 118 valence electrons. The van der Waals surface area contributed by atoms with E-state index in [0.717, 1.165) is 17.5 Å². The van der Waals surface area contributed by atoms with E-state index in [1.807, 2.05) is 4.90 Å². The van der Waals surface area contributed by atoms with Crippen molar-refractivity contribution in [1.82, 2.24) is 13.1 Å². The van der Waals surface area contributed by atoms with Gasteiger partial charge >= 0.3 is 0 Å². The molecule has 1 aliphatic heterocycles. The Morgan fingerprint density at radius 1 is 1.23 bits per heavy atom. The average molecular weight is 359 g/mol. The number of benzene rings is 1. The Labute approximate surface area is 138 Å². The summed E-state index contributed by atoms with van der Waals surface area (Å²) in [6, 6.07) is 4.97. The molecule has 0 aliphatic carbocycles. The summed E-state index contributed by atoms with van der Waals surface area (Å²) in [5, 5.41) is 0.466. The van der Waals surface area contributed by atoms with E-state index in [0.29, 0.717) is 36.8 Å². The van der Waals surface area contributed by atoms with Crippen molar-refractivity contribution in [3.8, 4) is 0 Å². The molecule has 0 bridgehead atoms. The Morgan fingerprint density at radius 2 is 1.95 bits per heavy atom. The molecule has 1 fully saturated rings. The van der Waals surface area contributed by atoms with E-state index in [1.165, 1.54) is 4.31 Å². The highest BCUT2D eigenvalue weighted by Crippen LogP contribution is 2.26. The molecule has 9 heteroatoms. The van der Waals surface area contributed by atoms with E-state index in [4.69, 9.17) is 11.6 Å². The van der Waals surface area contributed by atoms with Crippen LogP contribution >= 0.6 is 23.3 Å². The molecule has 2 heterocycles. The molecule has 0 saturated carbocycles. The quantitative estimate of drug-likeness (QED) is 0.839. The lowest BCUT2D eigenvalue weighted by Crippen LogP contribution is -2.48. The molecule has 1 aliphatic rings. The highest BCUT2D eigenvalue weighted by Gasteiger charge is 2.30. The number of aromatic nitrogens is 2. The topological polar surface area (TPSA) is 66.4 Å². The third kappa shape index (κ3) is 2.83. The minimum Gasteiger partial charge on any atom is -0.352 e. The van der Waals surface area contributed by atoms with Crippen molar-refractivity contribution >= 4 is 39.2 Å². The van der Waals surface area contributed by atoms with Crippen molar-refractivity contribution in [2.45, 2.75) is 11.8 Å². The lowest BCUT2D eigenvalue weighted by Gasteiger charge is -2.34. The molecule has 3 rings (SSSR count). The van der Waals surface area contributed by atoms with Gasteiger partial charge in [0.05, 0.1) is 22.8 Å². The van der Waals surface area contributed by atoms with Gasteiger partial charge in [-0.15, -0.1) is 0 Å². The summed E-state index contributed by atoms with van der Waals surface area (Å²) in [6.07, 6.45) is 1.70. The van der Waals surface area contributed by atoms with Crippen LogP contribution in [0.25, 0.3) is 0 Å². The molecule has 1 saturated heterocycles. The first-order chi connectivity index (χ1) is 10.5. The Kier molecular flexibility index (Phi) is 4.35. The van der Waals surface area contributed by atoms with Crippen LogP contribution in [0.5, 0.6) is 0 Å². The van der Waals surface area contributed by atoms with Crippen LogP contribution < -0.4 is 4.90 Å². The van der Waals surface area contributed by atoms with Crippen LogP contribution in [0.4, 0.5) is 5.82 Å². The molecule has 0 atom stereocenters. The Balaban J connectivity index is 1.79. The van der Waals surface area contributed by atoms with Gasteiger partial charge in [-0.25, -0.2) is 8.42 Å². The van der Waals surface area contributed by atoms with Gasteiger partial charge in [-0.3, -0.25) is 0 Å².